The fourth-order valence-electron chi connectivity index (χ4n) is 3.48. The van der Waals surface area contributed by atoms with E-state index < -0.39 is 5.97 Å². The summed E-state index contributed by atoms with van der Waals surface area (Å²) in [6, 6.07) is 14.3. The van der Waals surface area contributed by atoms with Crippen molar-refractivity contribution in [2.45, 2.75) is 19.9 Å². The summed E-state index contributed by atoms with van der Waals surface area (Å²) in [5.41, 5.74) is 2.60. The first kappa shape index (κ1) is 22.2. The van der Waals surface area contributed by atoms with Crippen LogP contribution in [0, 0.1) is 0 Å². The number of aromatic amines is 1. The highest BCUT2D eigenvalue weighted by atomic mass is 32.1. The number of aryl methyl sites for hydroxylation is 1. The first-order valence-corrected chi connectivity index (χ1v) is 11.2. The number of fused-ring (bicyclic) bond motifs is 2. The fourth-order valence-corrected chi connectivity index (χ4v) is 4.57. The number of benzene rings is 2. The molecular weight excluding hydrogens is 438 g/mol. The number of imidazole rings is 1. The third kappa shape index (κ3) is 5.45. The number of amides is 1. The van der Waals surface area contributed by atoms with Crippen molar-refractivity contribution in [3.8, 4) is 10.4 Å². The molecule has 5 rings (SSSR count). The molecule has 168 valence electrons. The number of nitrogens with one attached hydrogen (secondary N) is 2. The number of aromatic nitrogens is 4. The van der Waals surface area contributed by atoms with Crippen molar-refractivity contribution < 1.29 is 14.7 Å². The third-order valence-electron chi connectivity index (χ3n) is 4.94. The van der Waals surface area contributed by atoms with Crippen LogP contribution in [-0.4, -0.2) is 43.3 Å². The van der Waals surface area contributed by atoms with Crippen LogP contribution in [-0.2, 0) is 11.3 Å². The van der Waals surface area contributed by atoms with Gasteiger partial charge in [-0.25, -0.2) is 4.98 Å². The SMILES string of the molecule is CC(=O)O.O=C(NCCCn1ccnc1)c1cc(-c2cc3ccccc3s2)c2[nH]ncc2c1. The molecule has 33 heavy (non-hydrogen) atoms. The van der Waals surface area contributed by atoms with Gasteiger partial charge in [-0.3, -0.25) is 14.7 Å². The Bertz CT molecular complexity index is 1350. The molecule has 3 N–H and O–H groups in total. The van der Waals surface area contributed by atoms with Crippen LogP contribution >= 0.6 is 11.3 Å². The van der Waals surface area contributed by atoms with Crippen molar-refractivity contribution in [2.75, 3.05) is 6.54 Å². The minimum absolute atomic E-state index is 0.0684. The Hall–Kier alpha value is -3.98. The number of hydrogen-bond donors (Lipinski definition) is 3. The van der Waals surface area contributed by atoms with Crippen LogP contribution < -0.4 is 5.32 Å². The zero-order valence-corrected chi connectivity index (χ0v) is 18.8. The molecule has 0 radical (unpaired) electrons. The number of rotatable bonds is 6. The van der Waals surface area contributed by atoms with Gasteiger partial charge in [0.1, 0.15) is 0 Å². The van der Waals surface area contributed by atoms with Gasteiger partial charge in [-0.2, -0.15) is 5.10 Å². The van der Waals surface area contributed by atoms with Crippen molar-refractivity contribution in [2.24, 2.45) is 0 Å². The molecule has 0 saturated carbocycles. The molecule has 8 nitrogen and oxygen atoms in total. The molecule has 0 aliphatic rings. The first-order chi connectivity index (χ1) is 16.0. The van der Waals surface area contributed by atoms with Crippen LogP contribution in [0.4, 0.5) is 0 Å². The number of carbonyl (C=O) groups excluding carboxylic acids is 1. The number of carbonyl (C=O) groups is 2. The van der Waals surface area contributed by atoms with Gasteiger partial charge >= 0.3 is 0 Å². The largest absolute Gasteiger partial charge is 0.481 e. The molecule has 1 amide bonds. The smallest absolute Gasteiger partial charge is 0.300 e. The second kappa shape index (κ2) is 10.1. The summed E-state index contributed by atoms with van der Waals surface area (Å²) in [5.74, 6) is -0.902. The summed E-state index contributed by atoms with van der Waals surface area (Å²) in [7, 11) is 0. The lowest BCUT2D eigenvalue weighted by atomic mass is 10.0. The molecule has 0 aliphatic heterocycles. The second-order valence-corrected chi connectivity index (χ2v) is 8.52. The van der Waals surface area contributed by atoms with E-state index in [4.69, 9.17) is 9.90 Å². The van der Waals surface area contributed by atoms with E-state index in [1.54, 1.807) is 30.1 Å². The van der Waals surface area contributed by atoms with Crippen LogP contribution in [0.15, 0.2) is 67.4 Å². The van der Waals surface area contributed by atoms with Crippen LogP contribution in [0.5, 0.6) is 0 Å². The van der Waals surface area contributed by atoms with Crippen molar-refractivity contribution in [1.29, 1.82) is 0 Å². The molecule has 0 atom stereocenters. The minimum atomic E-state index is -0.833. The van der Waals surface area contributed by atoms with Gasteiger partial charge in [-0.05, 0) is 36.1 Å². The minimum Gasteiger partial charge on any atom is -0.481 e. The van der Waals surface area contributed by atoms with Gasteiger partial charge in [0.05, 0.1) is 18.0 Å². The quantitative estimate of drug-likeness (QED) is 0.321. The van der Waals surface area contributed by atoms with Crippen molar-refractivity contribution >= 4 is 44.2 Å². The maximum Gasteiger partial charge on any atom is 0.300 e. The number of carboxylic acids is 1. The Morgan fingerprint density at radius 3 is 2.76 bits per heavy atom. The summed E-state index contributed by atoms with van der Waals surface area (Å²) < 4.78 is 3.23. The van der Waals surface area contributed by atoms with E-state index in [9.17, 15) is 4.79 Å². The Labute approximate surface area is 193 Å². The molecule has 0 aliphatic carbocycles. The third-order valence-corrected chi connectivity index (χ3v) is 6.09. The normalized spacial score (nSPS) is 10.7. The second-order valence-electron chi connectivity index (χ2n) is 7.44. The molecule has 0 fully saturated rings. The molecule has 9 heteroatoms. The van der Waals surface area contributed by atoms with E-state index in [-0.39, 0.29) is 5.91 Å². The van der Waals surface area contributed by atoms with E-state index in [2.05, 4.69) is 38.7 Å². The maximum atomic E-state index is 12.8. The van der Waals surface area contributed by atoms with Gasteiger partial charge in [0.15, 0.2) is 0 Å². The summed E-state index contributed by atoms with van der Waals surface area (Å²) in [6.45, 7) is 2.52. The average molecular weight is 462 g/mol. The van der Waals surface area contributed by atoms with E-state index >= 15 is 0 Å². The maximum absolute atomic E-state index is 12.8. The monoisotopic (exact) mass is 461 g/mol. The summed E-state index contributed by atoms with van der Waals surface area (Å²) in [5, 5.41) is 19.8. The standard InChI is InChI=1S/C22H19N5OS.C2H4O2/c28-22(24-6-3-8-27-9-7-23-14-27)16-10-17-13-25-26-21(17)18(11-16)20-12-15-4-1-2-5-19(15)29-20;1-2(3)4/h1-2,4-5,7,9-14H,3,6,8H2,(H,24,28)(H,25,26);1H3,(H,3,4). The average Bonchev–Trinajstić information content (AvgIpc) is 3.55. The van der Waals surface area contributed by atoms with Gasteiger partial charge in [0.2, 0.25) is 0 Å². The summed E-state index contributed by atoms with van der Waals surface area (Å²) in [4.78, 5) is 26.9. The number of carboxylic acid groups (broad SMARTS) is 1. The molecule has 0 bridgehead atoms. The molecule has 3 heterocycles. The Morgan fingerprint density at radius 1 is 1.18 bits per heavy atom. The lowest BCUT2D eigenvalue weighted by molar-refractivity contribution is -0.134. The van der Waals surface area contributed by atoms with Gasteiger partial charge in [0, 0.05) is 58.5 Å². The van der Waals surface area contributed by atoms with Crippen LogP contribution in [0.1, 0.15) is 23.7 Å². The predicted octanol–water partition coefficient (Wildman–Crippen LogP) is 4.55. The van der Waals surface area contributed by atoms with Gasteiger partial charge in [-0.1, -0.05) is 18.2 Å². The molecule has 2 aromatic carbocycles. The predicted molar refractivity (Wildman–Crippen MR) is 129 cm³/mol. The molecule has 3 aromatic heterocycles. The van der Waals surface area contributed by atoms with E-state index in [1.807, 2.05) is 35.0 Å². The number of thiophene rings is 1. The summed E-state index contributed by atoms with van der Waals surface area (Å²) >= 11 is 1.72. The Balaban J connectivity index is 0.000000601. The Morgan fingerprint density at radius 2 is 2.00 bits per heavy atom. The van der Waals surface area contributed by atoms with E-state index in [0.29, 0.717) is 12.1 Å². The lowest BCUT2D eigenvalue weighted by Gasteiger charge is -2.08. The Kier molecular flexibility index (Phi) is 6.80. The topological polar surface area (TPSA) is 113 Å². The summed E-state index contributed by atoms with van der Waals surface area (Å²) in [6.07, 6.45) is 8.08. The first-order valence-electron chi connectivity index (χ1n) is 10.4. The van der Waals surface area contributed by atoms with Gasteiger partial charge in [-0.15, -0.1) is 11.3 Å². The van der Waals surface area contributed by atoms with E-state index in [0.717, 1.165) is 41.2 Å². The van der Waals surface area contributed by atoms with Gasteiger partial charge in [0.25, 0.3) is 11.9 Å². The molecule has 5 aromatic rings. The van der Waals surface area contributed by atoms with E-state index in [1.165, 1.54) is 10.1 Å². The van der Waals surface area contributed by atoms with Crippen molar-refractivity contribution in [3.63, 3.8) is 0 Å². The van der Waals surface area contributed by atoms with Gasteiger partial charge < -0.3 is 15.0 Å². The lowest BCUT2D eigenvalue weighted by Crippen LogP contribution is -2.25. The van der Waals surface area contributed by atoms with Crippen molar-refractivity contribution in [3.05, 3.63) is 72.9 Å². The molecular formula is C24H23N5O3S. The zero-order chi connectivity index (χ0) is 23.2. The van der Waals surface area contributed by atoms with Crippen LogP contribution in [0.25, 0.3) is 31.4 Å². The van der Waals surface area contributed by atoms with Crippen LogP contribution in [0.2, 0.25) is 0 Å². The van der Waals surface area contributed by atoms with Crippen molar-refractivity contribution in [1.82, 2.24) is 25.1 Å². The number of hydrogen-bond acceptors (Lipinski definition) is 5. The molecule has 0 spiro atoms. The number of H-pyrrole nitrogens is 1. The molecule has 0 unspecified atom stereocenters. The fraction of sp³-hybridized carbons (Fsp3) is 0.167. The number of aliphatic carboxylic acids is 1. The highest BCUT2D eigenvalue weighted by molar-refractivity contribution is 7.22. The zero-order valence-electron chi connectivity index (χ0n) is 18.0. The highest BCUT2D eigenvalue weighted by Crippen LogP contribution is 2.37. The highest BCUT2D eigenvalue weighted by Gasteiger charge is 2.14. The number of nitrogens with zero attached hydrogens (tertiary/aromatic N) is 3. The molecule has 0 saturated heterocycles. The van der Waals surface area contributed by atoms with Crippen LogP contribution in [0.3, 0.4) is 0 Å².